The van der Waals surface area contributed by atoms with Crippen molar-refractivity contribution in [3.05, 3.63) is 71.6 Å². The highest BCUT2D eigenvalue weighted by atomic mass is 79.9. The van der Waals surface area contributed by atoms with Gasteiger partial charge in [0, 0.05) is 28.9 Å². The zero-order valence-electron chi connectivity index (χ0n) is 32.8. The van der Waals surface area contributed by atoms with E-state index in [1.54, 1.807) is 65.3 Å². The molecule has 3 atom stereocenters. The van der Waals surface area contributed by atoms with E-state index in [4.69, 9.17) is 24.8 Å². The second-order valence-electron chi connectivity index (χ2n) is 14.2. The number of nitrogens with one attached hydrogen (secondary N) is 2. The quantitative estimate of drug-likeness (QED) is 0.0476. The van der Waals surface area contributed by atoms with Crippen molar-refractivity contribution in [3.63, 3.8) is 0 Å². The Labute approximate surface area is 353 Å². The number of ether oxygens (including phenoxy) is 3. The first-order valence-electron chi connectivity index (χ1n) is 18.2. The molecule has 5 heterocycles. The topological polar surface area (TPSA) is 218 Å². The molecular formula is C37H45BrN10O8S2. The second kappa shape index (κ2) is 19.1. The first kappa shape index (κ1) is 44.0. The fraction of sp³-hybridized carbons (Fsp3) is 0.432. The number of hydrogen-bond acceptors (Lipinski definition) is 15. The number of aryl methyl sites for hydroxylation is 1. The van der Waals surface area contributed by atoms with Gasteiger partial charge in [-0.25, -0.2) is 14.2 Å². The number of esters is 1. The van der Waals surface area contributed by atoms with E-state index < -0.39 is 40.9 Å². The van der Waals surface area contributed by atoms with Crippen LogP contribution in [0.25, 0.3) is 11.2 Å². The Hall–Kier alpha value is -5.12. The number of methoxy groups -OCH3 is 1. The summed E-state index contributed by atoms with van der Waals surface area (Å²) in [4.78, 5) is 69.5. The third kappa shape index (κ3) is 10.3. The van der Waals surface area contributed by atoms with Gasteiger partial charge in [0.1, 0.15) is 47.9 Å². The predicted molar refractivity (Wildman–Crippen MR) is 211 cm³/mol. The standard InChI is InChI=1S/C37H44N10O8S2.BrH/c1-7-54-43-26(29-41-35(57-44-29)42-36(51)55-37(3,4)5)31(48)40-27-32(49)47-28(34(50)53-18-22-10-12-24(52-6)13-11-22)23(19-56-33(27)47)17-46-20-45(16-14-21(2)38)25-9-8-15-39-30(25)46;/h8-13,15,20-21,27,33H,7,14,16-19,38H2,1-6H3,(H-,40,41,42,44,48,51);1H/b43-26-;/t21-,27?,33?;/m1./s1. The number of anilines is 1. The number of halogens is 1. The van der Waals surface area contributed by atoms with Crippen LogP contribution in [0.4, 0.5) is 9.93 Å². The van der Waals surface area contributed by atoms with Crippen molar-refractivity contribution in [3.8, 4) is 5.75 Å². The van der Waals surface area contributed by atoms with Gasteiger partial charge in [-0.3, -0.25) is 24.4 Å². The molecule has 21 heteroatoms. The van der Waals surface area contributed by atoms with E-state index in [0.29, 0.717) is 29.3 Å². The molecule has 6 rings (SSSR count). The maximum absolute atomic E-state index is 14.0. The number of carbonyl (C=O) groups excluding carboxylic acids is 4. The average molecular weight is 902 g/mol. The average Bonchev–Trinajstić information content (AvgIpc) is 3.78. The fourth-order valence-corrected chi connectivity index (χ4v) is 7.87. The van der Waals surface area contributed by atoms with Crippen molar-refractivity contribution >= 4 is 69.2 Å². The molecule has 1 saturated heterocycles. The van der Waals surface area contributed by atoms with E-state index in [2.05, 4.69) is 34.7 Å². The number of pyridine rings is 1. The van der Waals surface area contributed by atoms with E-state index in [9.17, 15) is 19.2 Å². The summed E-state index contributed by atoms with van der Waals surface area (Å²) in [5, 5.41) is 8.55. The number of thioether (sulfide) groups is 1. The third-order valence-corrected chi connectivity index (χ3v) is 10.6. The number of hydrogen-bond donors (Lipinski definition) is 3. The number of carbonyl (C=O) groups is 4. The second-order valence-corrected chi connectivity index (χ2v) is 16.1. The molecular weight excluding hydrogens is 857 g/mol. The minimum absolute atomic E-state index is 0. The monoisotopic (exact) mass is 900 g/mol. The summed E-state index contributed by atoms with van der Waals surface area (Å²) in [5.41, 5.74) is 8.08. The molecule has 310 valence electrons. The van der Waals surface area contributed by atoms with Crippen molar-refractivity contribution in [2.24, 2.45) is 10.9 Å². The third-order valence-electron chi connectivity index (χ3n) is 8.61. The van der Waals surface area contributed by atoms with E-state index >= 15 is 0 Å². The number of β-lactam (4-membered cyclic amide) rings is 1. The molecule has 3 amide bonds. The van der Waals surface area contributed by atoms with Crippen molar-refractivity contribution in [2.45, 2.75) is 83.8 Å². The van der Waals surface area contributed by atoms with Crippen molar-refractivity contribution < 1.29 is 59.8 Å². The molecule has 0 spiro atoms. The van der Waals surface area contributed by atoms with Crippen LogP contribution in [0.2, 0.25) is 0 Å². The molecule has 4 N–H and O–H groups in total. The van der Waals surface area contributed by atoms with Gasteiger partial charge < -0.3 is 47.1 Å². The Morgan fingerprint density at radius 1 is 1.17 bits per heavy atom. The first-order valence-corrected chi connectivity index (χ1v) is 20.0. The number of benzene rings is 1. The van der Waals surface area contributed by atoms with Gasteiger partial charge in [-0.1, -0.05) is 17.3 Å². The smallest absolute Gasteiger partial charge is 0.414 e. The van der Waals surface area contributed by atoms with Crippen LogP contribution in [0.3, 0.4) is 0 Å². The normalized spacial score (nSPS) is 17.1. The zero-order valence-corrected chi connectivity index (χ0v) is 36.0. The summed E-state index contributed by atoms with van der Waals surface area (Å²) in [5.74, 6) is -1.13. The lowest BCUT2D eigenvalue weighted by Gasteiger charge is -2.49. The van der Waals surface area contributed by atoms with E-state index in [1.807, 2.05) is 30.0 Å². The lowest BCUT2D eigenvalue weighted by Crippen LogP contribution is -3.00. The van der Waals surface area contributed by atoms with Crippen LogP contribution in [0, 0.1) is 0 Å². The highest BCUT2D eigenvalue weighted by molar-refractivity contribution is 8.00. The summed E-state index contributed by atoms with van der Waals surface area (Å²) in [6, 6.07) is 9.90. The number of rotatable bonds is 15. The number of aromatic nitrogens is 5. The predicted octanol–water partition coefficient (Wildman–Crippen LogP) is 0.110. The molecule has 0 saturated carbocycles. The molecule has 0 bridgehead atoms. The van der Waals surface area contributed by atoms with Gasteiger partial charge >= 0.3 is 17.7 Å². The van der Waals surface area contributed by atoms with Crippen LogP contribution in [-0.4, -0.2) is 95.9 Å². The summed E-state index contributed by atoms with van der Waals surface area (Å²) in [6.07, 6.45) is 3.63. The minimum atomic E-state index is -1.03. The summed E-state index contributed by atoms with van der Waals surface area (Å²) in [6.45, 7) is 9.78. The van der Waals surface area contributed by atoms with Gasteiger partial charge in [-0.15, -0.1) is 16.7 Å². The van der Waals surface area contributed by atoms with Crippen LogP contribution in [-0.2, 0) is 48.4 Å². The molecule has 0 radical (unpaired) electrons. The Kier molecular flexibility index (Phi) is 14.5. The highest BCUT2D eigenvalue weighted by Crippen LogP contribution is 2.41. The number of imidazole rings is 1. The van der Waals surface area contributed by atoms with E-state index in [-0.39, 0.29) is 65.1 Å². The van der Waals surface area contributed by atoms with Gasteiger partial charge in [0.2, 0.25) is 16.7 Å². The summed E-state index contributed by atoms with van der Waals surface area (Å²) < 4.78 is 24.5. The molecule has 2 aliphatic heterocycles. The fourth-order valence-electron chi connectivity index (χ4n) is 5.98. The van der Waals surface area contributed by atoms with Gasteiger partial charge in [0.15, 0.2) is 11.8 Å². The van der Waals surface area contributed by atoms with E-state index in [1.165, 1.54) is 16.7 Å². The van der Waals surface area contributed by atoms with Crippen LogP contribution < -0.4 is 42.7 Å². The minimum Gasteiger partial charge on any atom is -1.00 e. The number of oxime groups is 1. The maximum Gasteiger partial charge on any atom is 0.414 e. The van der Waals surface area contributed by atoms with Crippen molar-refractivity contribution in [2.75, 3.05) is 24.8 Å². The largest absolute Gasteiger partial charge is 1.00 e. The SMILES string of the molecule is CCO/N=C(\C(=O)NC1C(=O)N2C(C(=O)OCc3ccc(OC)cc3)=C(C[n+]3cn(CC[C@@H](C)N)c4cccnc43)CSC12)c1nsc(NC(=O)OC(C)(C)C)n1.[Br-]. The van der Waals surface area contributed by atoms with Gasteiger partial charge in [0.05, 0.1) is 20.2 Å². The molecule has 3 aromatic heterocycles. The first-order chi connectivity index (χ1) is 27.3. The molecule has 2 unspecified atom stereocenters. The summed E-state index contributed by atoms with van der Waals surface area (Å²) in [7, 11) is 1.56. The molecule has 1 fully saturated rings. The Morgan fingerprint density at radius 3 is 2.62 bits per heavy atom. The lowest BCUT2D eigenvalue weighted by atomic mass is 10.0. The molecule has 2 aliphatic rings. The summed E-state index contributed by atoms with van der Waals surface area (Å²) >= 11 is 2.20. The molecule has 58 heavy (non-hydrogen) atoms. The number of fused-ring (bicyclic) bond motifs is 2. The number of amides is 3. The van der Waals surface area contributed by atoms with Gasteiger partial charge in [0.25, 0.3) is 11.8 Å². The maximum atomic E-state index is 14.0. The van der Waals surface area contributed by atoms with Crippen molar-refractivity contribution in [1.29, 1.82) is 0 Å². The van der Waals surface area contributed by atoms with Crippen LogP contribution in [0.15, 0.2) is 65.3 Å². The Morgan fingerprint density at radius 2 is 1.93 bits per heavy atom. The van der Waals surface area contributed by atoms with Gasteiger partial charge in [-0.05, 0) is 70.9 Å². The number of nitrogens with two attached hydrogens (primary N) is 1. The van der Waals surface area contributed by atoms with Gasteiger partial charge in [-0.2, -0.15) is 9.36 Å². The van der Waals surface area contributed by atoms with Crippen LogP contribution in [0.5, 0.6) is 5.75 Å². The van der Waals surface area contributed by atoms with Crippen LogP contribution in [0.1, 0.15) is 52.4 Å². The highest BCUT2D eigenvalue weighted by Gasteiger charge is 2.55. The Balaban J connectivity index is 0.00000641. The molecule has 4 aromatic rings. The lowest BCUT2D eigenvalue weighted by molar-refractivity contribution is -0.665. The zero-order chi connectivity index (χ0) is 40.9. The van der Waals surface area contributed by atoms with Crippen LogP contribution >= 0.6 is 23.3 Å². The molecule has 1 aromatic carbocycles. The molecule has 0 aliphatic carbocycles. The Bertz CT molecular complexity index is 2200. The number of nitrogens with zero attached hydrogens (tertiary/aromatic N) is 7. The van der Waals surface area contributed by atoms with E-state index in [0.717, 1.165) is 29.0 Å². The molecule has 18 nitrogen and oxygen atoms in total. The van der Waals surface area contributed by atoms with Crippen molar-refractivity contribution in [1.82, 2.24) is 29.1 Å².